The highest BCUT2D eigenvalue weighted by molar-refractivity contribution is 7.92. The summed E-state index contributed by atoms with van der Waals surface area (Å²) in [5, 5.41) is 0. The van der Waals surface area contributed by atoms with Gasteiger partial charge in [0.25, 0.3) is 15.9 Å². The van der Waals surface area contributed by atoms with E-state index < -0.39 is 25.8 Å². The van der Waals surface area contributed by atoms with Gasteiger partial charge in [-0.3, -0.25) is 9.52 Å². The first kappa shape index (κ1) is 24.4. The number of benzene rings is 3. The fourth-order valence-electron chi connectivity index (χ4n) is 3.26. The van der Waals surface area contributed by atoms with Gasteiger partial charge in [-0.25, -0.2) is 16.8 Å². The van der Waals surface area contributed by atoms with E-state index in [1.807, 2.05) is 0 Å². The van der Waals surface area contributed by atoms with Crippen molar-refractivity contribution < 1.29 is 21.6 Å². The molecule has 0 atom stereocenters. The average Bonchev–Trinajstić information content (AvgIpc) is 3.16. The van der Waals surface area contributed by atoms with Gasteiger partial charge in [0.15, 0.2) is 14.6 Å². The van der Waals surface area contributed by atoms with Crippen LogP contribution in [0.4, 0.5) is 5.69 Å². The molecule has 0 aliphatic rings. The second-order valence-electron chi connectivity index (χ2n) is 7.49. The number of nitrogens with zero attached hydrogens (tertiary/aromatic N) is 2. The minimum Gasteiger partial charge on any atom is -0.305 e. The Labute approximate surface area is 206 Å². The number of hydrogen-bond donors (Lipinski definition) is 1. The number of sulfonamides is 1. The molecule has 11 heteroatoms. The number of sulfone groups is 1. The first-order chi connectivity index (χ1) is 16.6. The molecule has 1 heterocycles. The largest absolute Gasteiger partial charge is 0.305 e. The molecule has 0 fully saturated rings. The number of thiazole rings is 1. The Hall–Kier alpha value is -3.72. The third-order valence-electron chi connectivity index (χ3n) is 4.97. The number of carbonyl (C=O) groups excluding carboxylic acids is 1. The normalized spacial score (nSPS) is 12.4. The Balaban J connectivity index is 1.65. The van der Waals surface area contributed by atoms with Crippen molar-refractivity contribution in [2.75, 3.05) is 11.0 Å². The summed E-state index contributed by atoms with van der Waals surface area (Å²) in [6.45, 7) is 0.143. The number of carbonyl (C=O) groups is 1. The number of anilines is 1. The Bertz CT molecular complexity index is 1750. The summed E-state index contributed by atoms with van der Waals surface area (Å²) in [5.41, 5.74) is 1.20. The van der Waals surface area contributed by atoms with Crippen molar-refractivity contribution in [3.63, 3.8) is 0 Å². The third-order valence-corrected chi connectivity index (χ3v) is 8.52. The van der Waals surface area contributed by atoms with Gasteiger partial charge in [-0.2, -0.15) is 4.99 Å². The van der Waals surface area contributed by atoms with Crippen molar-refractivity contribution in [1.29, 1.82) is 0 Å². The molecule has 8 nitrogen and oxygen atoms in total. The number of fused-ring (bicyclic) bond motifs is 1. The standard InChI is InChI=1S/C24H19N3O5S3/c1-3-15-27-21-14-13-20(34(2,29)30)16-22(21)33-24(27)25-23(28)17-9-11-18(12-10-17)26-35(31,32)19-7-5-4-6-8-19/h1,4-14,16,26H,15H2,2H3. The molecule has 3 aromatic carbocycles. The van der Waals surface area contributed by atoms with Crippen LogP contribution in [0, 0.1) is 12.3 Å². The molecule has 0 aliphatic carbocycles. The zero-order valence-corrected chi connectivity index (χ0v) is 20.8. The van der Waals surface area contributed by atoms with Gasteiger partial charge in [-0.05, 0) is 54.6 Å². The summed E-state index contributed by atoms with van der Waals surface area (Å²) in [6, 6.07) is 18.5. The fraction of sp³-hybridized carbons (Fsp3) is 0.0833. The number of nitrogens with one attached hydrogen (secondary N) is 1. The SMILES string of the molecule is C#CCn1c(=NC(=O)c2ccc(NS(=O)(=O)c3ccccc3)cc2)sc2cc(S(C)(=O)=O)ccc21. The molecule has 4 aromatic rings. The summed E-state index contributed by atoms with van der Waals surface area (Å²) < 4.78 is 53.5. The predicted molar refractivity (Wildman–Crippen MR) is 135 cm³/mol. The molecule has 0 spiro atoms. The second kappa shape index (κ2) is 9.50. The molecular formula is C24H19N3O5S3. The average molecular weight is 526 g/mol. The minimum atomic E-state index is -3.76. The van der Waals surface area contributed by atoms with Crippen LogP contribution >= 0.6 is 11.3 Å². The van der Waals surface area contributed by atoms with E-state index in [1.54, 1.807) is 28.8 Å². The molecule has 0 saturated heterocycles. The van der Waals surface area contributed by atoms with Gasteiger partial charge in [0.2, 0.25) is 0 Å². The molecule has 0 bridgehead atoms. The van der Waals surface area contributed by atoms with Gasteiger partial charge < -0.3 is 4.57 Å². The first-order valence-electron chi connectivity index (χ1n) is 10.1. The maximum atomic E-state index is 12.8. The summed E-state index contributed by atoms with van der Waals surface area (Å²) in [5.74, 6) is 1.97. The van der Waals surface area contributed by atoms with E-state index in [2.05, 4.69) is 15.6 Å². The quantitative estimate of drug-likeness (QED) is 0.388. The Kier molecular flexibility index (Phi) is 6.62. The number of terminal acetylenes is 1. The van der Waals surface area contributed by atoms with E-state index in [9.17, 15) is 21.6 Å². The van der Waals surface area contributed by atoms with Gasteiger partial charge in [0.05, 0.1) is 26.6 Å². The molecule has 1 aromatic heterocycles. The molecule has 0 aliphatic heterocycles. The van der Waals surface area contributed by atoms with E-state index in [1.165, 1.54) is 48.5 Å². The van der Waals surface area contributed by atoms with Crippen molar-refractivity contribution in [1.82, 2.24) is 4.57 Å². The van der Waals surface area contributed by atoms with Crippen LogP contribution in [-0.4, -0.2) is 33.6 Å². The Morgan fingerprint density at radius 3 is 2.31 bits per heavy atom. The Morgan fingerprint density at radius 2 is 1.69 bits per heavy atom. The van der Waals surface area contributed by atoms with E-state index in [0.717, 1.165) is 17.6 Å². The minimum absolute atomic E-state index is 0.122. The second-order valence-corrected chi connectivity index (χ2v) is 12.2. The van der Waals surface area contributed by atoms with E-state index >= 15 is 0 Å². The fourth-order valence-corrected chi connectivity index (χ4v) is 6.13. The number of hydrogen-bond acceptors (Lipinski definition) is 6. The van der Waals surface area contributed by atoms with Crippen molar-refractivity contribution in [3.05, 3.63) is 83.2 Å². The van der Waals surface area contributed by atoms with E-state index in [-0.39, 0.29) is 21.9 Å². The lowest BCUT2D eigenvalue weighted by molar-refractivity contribution is 0.0998. The molecule has 0 saturated carbocycles. The van der Waals surface area contributed by atoms with Crippen LogP contribution in [0.1, 0.15) is 10.4 Å². The van der Waals surface area contributed by atoms with E-state index in [4.69, 9.17) is 6.42 Å². The molecule has 0 radical (unpaired) electrons. The highest BCUT2D eigenvalue weighted by Crippen LogP contribution is 2.22. The first-order valence-corrected chi connectivity index (χ1v) is 14.3. The smallest absolute Gasteiger partial charge is 0.279 e. The van der Waals surface area contributed by atoms with Crippen molar-refractivity contribution in [3.8, 4) is 12.3 Å². The summed E-state index contributed by atoms with van der Waals surface area (Å²) in [4.78, 5) is 17.6. The molecule has 178 valence electrons. The maximum absolute atomic E-state index is 12.8. The van der Waals surface area contributed by atoms with Crippen LogP contribution in [0.3, 0.4) is 0 Å². The maximum Gasteiger partial charge on any atom is 0.279 e. The summed E-state index contributed by atoms with van der Waals surface area (Å²) >= 11 is 1.15. The lowest BCUT2D eigenvalue weighted by atomic mass is 10.2. The van der Waals surface area contributed by atoms with Crippen LogP contribution in [0.15, 0.2) is 87.6 Å². The van der Waals surface area contributed by atoms with Gasteiger partial charge >= 0.3 is 0 Å². The molecule has 0 unspecified atom stereocenters. The monoisotopic (exact) mass is 525 g/mol. The summed E-state index contributed by atoms with van der Waals surface area (Å²) in [7, 11) is -7.16. The van der Waals surface area contributed by atoms with Gasteiger partial charge in [0.1, 0.15) is 0 Å². The zero-order valence-electron chi connectivity index (χ0n) is 18.4. The van der Waals surface area contributed by atoms with Crippen LogP contribution in [0.2, 0.25) is 0 Å². The van der Waals surface area contributed by atoms with Crippen molar-refractivity contribution in [2.45, 2.75) is 16.3 Å². The van der Waals surface area contributed by atoms with Crippen LogP contribution in [0.25, 0.3) is 10.2 Å². The topological polar surface area (TPSA) is 115 Å². The van der Waals surface area contributed by atoms with Crippen LogP contribution in [0.5, 0.6) is 0 Å². The number of aromatic nitrogens is 1. The van der Waals surface area contributed by atoms with Gasteiger partial charge in [-0.1, -0.05) is 35.5 Å². The third kappa shape index (κ3) is 5.35. The molecule has 4 rings (SSSR count). The lowest BCUT2D eigenvalue weighted by Crippen LogP contribution is -2.16. The van der Waals surface area contributed by atoms with Crippen LogP contribution < -0.4 is 9.52 Å². The molecule has 1 amide bonds. The van der Waals surface area contributed by atoms with Crippen LogP contribution in [-0.2, 0) is 26.4 Å². The van der Waals surface area contributed by atoms with Crippen molar-refractivity contribution >= 4 is 53.0 Å². The molecule has 35 heavy (non-hydrogen) atoms. The molecular weight excluding hydrogens is 506 g/mol. The zero-order chi connectivity index (χ0) is 25.2. The van der Waals surface area contributed by atoms with Gasteiger partial charge in [-0.15, -0.1) is 6.42 Å². The highest BCUT2D eigenvalue weighted by atomic mass is 32.2. The lowest BCUT2D eigenvalue weighted by Gasteiger charge is -2.08. The number of amides is 1. The Morgan fingerprint density at radius 1 is 1.00 bits per heavy atom. The highest BCUT2D eigenvalue weighted by Gasteiger charge is 2.15. The summed E-state index contributed by atoms with van der Waals surface area (Å²) in [6.07, 6.45) is 6.61. The van der Waals surface area contributed by atoms with Crippen molar-refractivity contribution in [2.24, 2.45) is 4.99 Å². The number of rotatable bonds is 6. The van der Waals surface area contributed by atoms with Gasteiger partial charge in [0, 0.05) is 17.5 Å². The molecule has 1 N–H and O–H groups in total. The predicted octanol–water partition coefficient (Wildman–Crippen LogP) is 3.28. The van der Waals surface area contributed by atoms with E-state index in [0.29, 0.717) is 20.7 Å².